The molecule has 3 amide bonds. The molecular formula is C20H17N3O4. The molecule has 0 unspecified atom stereocenters. The topological polar surface area (TPSA) is 83.7 Å². The van der Waals surface area contributed by atoms with E-state index in [0.29, 0.717) is 17.9 Å². The molecule has 2 aliphatic heterocycles. The summed E-state index contributed by atoms with van der Waals surface area (Å²) in [6.45, 7) is 0.389. The van der Waals surface area contributed by atoms with Gasteiger partial charge in [-0.1, -0.05) is 24.3 Å². The molecule has 3 aromatic rings. The molecule has 7 heteroatoms. The van der Waals surface area contributed by atoms with Crippen LogP contribution in [0.3, 0.4) is 0 Å². The van der Waals surface area contributed by atoms with Gasteiger partial charge in [-0.05, 0) is 29.3 Å². The summed E-state index contributed by atoms with van der Waals surface area (Å²) in [5, 5.41) is 3.86. The third-order valence-electron chi connectivity index (χ3n) is 4.98. The lowest BCUT2D eigenvalue weighted by Gasteiger charge is -2.13. The lowest BCUT2D eigenvalue weighted by Crippen LogP contribution is -2.32. The minimum absolute atomic E-state index is 0.189. The molecule has 0 aliphatic carbocycles. The molecule has 1 aromatic heterocycles. The average molecular weight is 363 g/mol. The maximum Gasteiger partial charge on any atom is 0.325 e. The summed E-state index contributed by atoms with van der Waals surface area (Å²) < 4.78 is 10.7. The first kappa shape index (κ1) is 15.7. The Labute approximate surface area is 154 Å². The normalized spacial score (nSPS) is 18.4. The molecule has 2 aromatic carbocycles. The van der Waals surface area contributed by atoms with Crippen LogP contribution in [0.25, 0.3) is 10.9 Å². The number of H-pyrrole nitrogens is 1. The van der Waals surface area contributed by atoms with Crippen molar-refractivity contribution in [3.8, 4) is 11.5 Å². The van der Waals surface area contributed by atoms with E-state index in [1.807, 2.05) is 36.5 Å². The number of hydrogen-bond donors (Lipinski definition) is 2. The van der Waals surface area contributed by atoms with Crippen LogP contribution in [0.15, 0.2) is 48.7 Å². The predicted molar refractivity (Wildman–Crippen MR) is 97.4 cm³/mol. The van der Waals surface area contributed by atoms with Crippen molar-refractivity contribution in [2.45, 2.75) is 19.0 Å². The maximum atomic E-state index is 12.8. The fourth-order valence-corrected chi connectivity index (χ4v) is 3.61. The Morgan fingerprint density at radius 3 is 2.85 bits per heavy atom. The number of benzene rings is 2. The Hall–Kier alpha value is -3.48. The van der Waals surface area contributed by atoms with Crippen LogP contribution < -0.4 is 14.8 Å². The molecule has 0 saturated carbocycles. The molecule has 7 nitrogen and oxygen atoms in total. The van der Waals surface area contributed by atoms with E-state index in [0.717, 1.165) is 22.0 Å². The van der Waals surface area contributed by atoms with Gasteiger partial charge in [0.05, 0.1) is 6.54 Å². The zero-order valence-electron chi connectivity index (χ0n) is 14.4. The number of hydrogen-bond acceptors (Lipinski definition) is 4. The Morgan fingerprint density at radius 1 is 1.07 bits per heavy atom. The second-order valence-corrected chi connectivity index (χ2v) is 6.68. The number of ether oxygens (including phenoxy) is 2. The lowest BCUT2D eigenvalue weighted by atomic mass is 10.0. The number of aromatic nitrogens is 1. The van der Waals surface area contributed by atoms with Crippen LogP contribution in [0.1, 0.15) is 11.1 Å². The van der Waals surface area contributed by atoms with Crippen molar-refractivity contribution in [1.29, 1.82) is 0 Å². The average Bonchev–Trinajstić information content (AvgIpc) is 3.37. The summed E-state index contributed by atoms with van der Waals surface area (Å²) in [5.74, 6) is 1.09. The number of nitrogens with zero attached hydrogens (tertiary/aromatic N) is 1. The predicted octanol–water partition coefficient (Wildman–Crippen LogP) is 2.56. The van der Waals surface area contributed by atoms with E-state index in [2.05, 4.69) is 10.3 Å². The third-order valence-corrected chi connectivity index (χ3v) is 4.98. The Morgan fingerprint density at radius 2 is 1.93 bits per heavy atom. The number of para-hydroxylation sites is 1. The number of aromatic amines is 1. The second kappa shape index (κ2) is 6.05. The van der Waals surface area contributed by atoms with Crippen molar-refractivity contribution in [3.05, 3.63) is 59.8 Å². The van der Waals surface area contributed by atoms with Crippen molar-refractivity contribution in [2.24, 2.45) is 0 Å². The van der Waals surface area contributed by atoms with Gasteiger partial charge in [0.2, 0.25) is 6.79 Å². The lowest BCUT2D eigenvalue weighted by molar-refractivity contribution is -0.127. The number of nitrogens with one attached hydrogen (secondary N) is 2. The quantitative estimate of drug-likeness (QED) is 0.698. The van der Waals surface area contributed by atoms with E-state index in [-0.39, 0.29) is 25.3 Å². The minimum Gasteiger partial charge on any atom is -0.454 e. The van der Waals surface area contributed by atoms with Crippen LogP contribution in [0.4, 0.5) is 4.79 Å². The highest BCUT2D eigenvalue weighted by Gasteiger charge is 2.38. The van der Waals surface area contributed by atoms with Gasteiger partial charge in [0.25, 0.3) is 5.91 Å². The van der Waals surface area contributed by atoms with Crippen LogP contribution in [-0.4, -0.2) is 34.7 Å². The number of fused-ring (bicyclic) bond motifs is 2. The molecule has 136 valence electrons. The first-order valence-electron chi connectivity index (χ1n) is 8.74. The summed E-state index contributed by atoms with van der Waals surface area (Å²) in [6.07, 6.45) is 2.34. The molecule has 2 aliphatic rings. The standard InChI is InChI=1S/C20H17N3O4/c24-19-16(8-13-9-21-15-4-2-1-3-14(13)15)22-20(25)23(19)10-12-5-6-17-18(7-12)27-11-26-17/h1-7,9,16,21H,8,10-11H2,(H,22,25)/t16-/m0/s1. The summed E-state index contributed by atoms with van der Waals surface area (Å²) in [4.78, 5) is 29.6. The van der Waals surface area contributed by atoms with Crippen molar-refractivity contribution < 1.29 is 19.1 Å². The van der Waals surface area contributed by atoms with Gasteiger partial charge in [0.1, 0.15) is 6.04 Å². The summed E-state index contributed by atoms with van der Waals surface area (Å²) in [6, 6.07) is 12.4. The SMILES string of the molecule is O=C1N[C@@H](Cc2c[nH]c3ccccc23)C(=O)N1Cc1ccc2c(c1)OCO2. The summed E-state index contributed by atoms with van der Waals surface area (Å²) >= 11 is 0. The van der Waals surface area contributed by atoms with Gasteiger partial charge in [0.15, 0.2) is 11.5 Å². The zero-order chi connectivity index (χ0) is 18.4. The fourth-order valence-electron chi connectivity index (χ4n) is 3.61. The van der Waals surface area contributed by atoms with Gasteiger partial charge in [0, 0.05) is 23.5 Å². The summed E-state index contributed by atoms with van der Waals surface area (Å²) in [5.41, 5.74) is 2.84. The van der Waals surface area contributed by atoms with Crippen LogP contribution in [0, 0.1) is 0 Å². The first-order valence-corrected chi connectivity index (χ1v) is 8.74. The highest BCUT2D eigenvalue weighted by Crippen LogP contribution is 2.33. The van der Waals surface area contributed by atoms with E-state index in [1.54, 1.807) is 12.1 Å². The monoisotopic (exact) mass is 363 g/mol. The second-order valence-electron chi connectivity index (χ2n) is 6.68. The molecular weight excluding hydrogens is 346 g/mol. The van der Waals surface area contributed by atoms with Crippen molar-refractivity contribution >= 4 is 22.8 Å². The van der Waals surface area contributed by atoms with Crippen LogP contribution in [0.5, 0.6) is 11.5 Å². The maximum absolute atomic E-state index is 12.8. The Kier molecular flexibility index (Phi) is 3.53. The highest BCUT2D eigenvalue weighted by atomic mass is 16.7. The molecule has 3 heterocycles. The van der Waals surface area contributed by atoms with Gasteiger partial charge < -0.3 is 19.8 Å². The Balaban J connectivity index is 1.34. The third kappa shape index (κ3) is 2.68. The number of imide groups is 1. The molecule has 0 radical (unpaired) electrons. The number of amides is 3. The molecule has 27 heavy (non-hydrogen) atoms. The zero-order valence-corrected chi connectivity index (χ0v) is 14.4. The van der Waals surface area contributed by atoms with Gasteiger partial charge in [-0.15, -0.1) is 0 Å². The van der Waals surface area contributed by atoms with Crippen LogP contribution in [0.2, 0.25) is 0 Å². The van der Waals surface area contributed by atoms with E-state index in [4.69, 9.17) is 9.47 Å². The van der Waals surface area contributed by atoms with Crippen molar-refractivity contribution in [1.82, 2.24) is 15.2 Å². The van der Waals surface area contributed by atoms with Crippen molar-refractivity contribution in [3.63, 3.8) is 0 Å². The number of urea groups is 1. The first-order chi connectivity index (χ1) is 13.2. The van der Waals surface area contributed by atoms with Crippen molar-refractivity contribution in [2.75, 3.05) is 6.79 Å². The molecule has 1 fully saturated rings. The number of carbonyl (C=O) groups is 2. The summed E-state index contributed by atoms with van der Waals surface area (Å²) in [7, 11) is 0. The van der Waals surface area contributed by atoms with Gasteiger partial charge in [-0.25, -0.2) is 4.79 Å². The highest BCUT2D eigenvalue weighted by molar-refractivity contribution is 6.04. The molecule has 2 N–H and O–H groups in total. The number of carbonyl (C=O) groups excluding carboxylic acids is 2. The van der Waals surface area contributed by atoms with E-state index >= 15 is 0 Å². The smallest absolute Gasteiger partial charge is 0.325 e. The van der Waals surface area contributed by atoms with Gasteiger partial charge in [-0.2, -0.15) is 0 Å². The van der Waals surface area contributed by atoms with E-state index < -0.39 is 6.04 Å². The molecule has 1 saturated heterocycles. The van der Waals surface area contributed by atoms with Crippen LogP contribution >= 0.6 is 0 Å². The largest absolute Gasteiger partial charge is 0.454 e. The molecule has 0 bridgehead atoms. The molecule has 0 spiro atoms. The fraction of sp³-hybridized carbons (Fsp3) is 0.200. The molecule has 5 rings (SSSR count). The Bertz CT molecular complexity index is 1060. The van der Waals surface area contributed by atoms with E-state index in [1.165, 1.54) is 4.90 Å². The van der Waals surface area contributed by atoms with E-state index in [9.17, 15) is 9.59 Å². The minimum atomic E-state index is -0.564. The van der Waals surface area contributed by atoms with Crippen LogP contribution in [-0.2, 0) is 17.8 Å². The number of rotatable bonds is 4. The molecule has 1 atom stereocenters. The van der Waals surface area contributed by atoms with Gasteiger partial charge >= 0.3 is 6.03 Å². The van der Waals surface area contributed by atoms with Gasteiger partial charge in [-0.3, -0.25) is 9.69 Å².